The van der Waals surface area contributed by atoms with Gasteiger partial charge in [0.15, 0.2) is 0 Å². The smallest absolute Gasteiger partial charge is 0.282 e. The minimum absolute atomic E-state index is 0.0668. The molecule has 0 aromatic carbocycles. The summed E-state index contributed by atoms with van der Waals surface area (Å²) in [6.45, 7) is -2.50. The van der Waals surface area contributed by atoms with Gasteiger partial charge in [-0.15, -0.1) is 26.9 Å². The van der Waals surface area contributed by atoms with Crippen molar-refractivity contribution in [2.45, 2.75) is 19.3 Å². The molecule has 21 heavy (non-hydrogen) atoms. The van der Waals surface area contributed by atoms with E-state index >= 15 is 0 Å². The number of halogens is 6. The maximum Gasteiger partial charge on any atom is 0.282 e. The molecule has 0 aromatic rings. The summed E-state index contributed by atoms with van der Waals surface area (Å²) < 4.78 is 86.2. The quantitative estimate of drug-likeness (QED) is 0.293. The van der Waals surface area contributed by atoms with Crippen molar-refractivity contribution in [3.63, 3.8) is 0 Å². The summed E-state index contributed by atoms with van der Waals surface area (Å²) in [4.78, 5) is 0. The van der Waals surface area contributed by atoms with Gasteiger partial charge in [-0.05, 0) is 0 Å². The van der Waals surface area contributed by atoms with E-state index in [1.54, 1.807) is 0 Å². The standard InChI is InChI=1S/C9H17F6N3O3/c1-2-9(19-6-3-16(10)11,20-7-4-17(12)13)21-8-5-18(14)15/h2-8H2,1H3. The normalized spacial score (nSPS) is 12.9. The molecule has 0 saturated heterocycles. The van der Waals surface area contributed by atoms with Crippen LogP contribution in [-0.2, 0) is 14.2 Å². The molecule has 0 spiro atoms. The van der Waals surface area contributed by atoms with Crippen molar-refractivity contribution in [3.8, 4) is 0 Å². The first-order valence-electron chi connectivity index (χ1n) is 6.00. The highest BCUT2D eigenvalue weighted by atomic mass is 19.4. The molecule has 0 aliphatic rings. The van der Waals surface area contributed by atoms with E-state index in [0.29, 0.717) is 0 Å². The Morgan fingerprint density at radius 3 is 1.14 bits per heavy atom. The van der Waals surface area contributed by atoms with Crippen LogP contribution in [0, 0.1) is 0 Å². The molecule has 0 bridgehead atoms. The summed E-state index contributed by atoms with van der Waals surface area (Å²) in [6, 6.07) is 0. The minimum atomic E-state index is -1.93. The first-order valence-corrected chi connectivity index (χ1v) is 6.00. The largest absolute Gasteiger partial charge is 0.326 e. The highest BCUT2D eigenvalue weighted by Gasteiger charge is 2.32. The van der Waals surface area contributed by atoms with Crippen LogP contribution in [0.5, 0.6) is 0 Å². The molecule has 6 nitrogen and oxygen atoms in total. The molecule has 0 aliphatic carbocycles. The molecule has 12 heteroatoms. The second kappa shape index (κ2) is 11.0. The summed E-state index contributed by atoms with van der Waals surface area (Å²) in [6.07, 6.45) is -0.0668. The van der Waals surface area contributed by atoms with Crippen LogP contribution < -0.4 is 0 Å². The molecule has 0 atom stereocenters. The lowest BCUT2D eigenvalue weighted by Crippen LogP contribution is -2.42. The fourth-order valence-corrected chi connectivity index (χ4v) is 1.24. The maximum absolute atomic E-state index is 11.9. The van der Waals surface area contributed by atoms with Gasteiger partial charge in [0.2, 0.25) is 0 Å². The molecule has 0 radical (unpaired) electrons. The predicted octanol–water partition coefficient (Wildman–Crippen LogP) is 2.31. The van der Waals surface area contributed by atoms with E-state index in [-0.39, 0.29) is 6.42 Å². The third-order valence-corrected chi connectivity index (χ3v) is 2.18. The summed E-state index contributed by atoms with van der Waals surface area (Å²) in [5.41, 5.74) is 0. The van der Waals surface area contributed by atoms with E-state index in [1.807, 2.05) is 0 Å². The Morgan fingerprint density at radius 2 is 0.952 bits per heavy atom. The van der Waals surface area contributed by atoms with Crippen LogP contribution in [-0.4, -0.2) is 61.5 Å². The monoisotopic (exact) mass is 329 g/mol. The molecular weight excluding hydrogens is 312 g/mol. The number of hydrogen-bond donors (Lipinski definition) is 0. The zero-order valence-electron chi connectivity index (χ0n) is 11.3. The molecule has 0 amide bonds. The van der Waals surface area contributed by atoms with E-state index < -0.39 is 61.5 Å². The summed E-state index contributed by atoms with van der Waals surface area (Å²) in [5, 5.41) is -3.47. The van der Waals surface area contributed by atoms with Crippen molar-refractivity contribution < 1.29 is 41.1 Å². The van der Waals surface area contributed by atoms with Gasteiger partial charge >= 0.3 is 0 Å². The Kier molecular flexibility index (Phi) is 10.6. The Bertz CT molecular complexity index is 227. The SMILES string of the molecule is CCC(OCCN(F)F)(OCCN(F)F)OCCN(F)F. The van der Waals surface area contributed by atoms with E-state index in [2.05, 4.69) is 0 Å². The molecule has 0 N–H and O–H groups in total. The van der Waals surface area contributed by atoms with Gasteiger partial charge in [-0.25, -0.2) is 0 Å². The second-order valence-electron chi connectivity index (χ2n) is 3.66. The Morgan fingerprint density at radius 1 is 0.667 bits per heavy atom. The van der Waals surface area contributed by atoms with Gasteiger partial charge in [-0.3, -0.25) is 0 Å². The average Bonchev–Trinajstić information content (AvgIpc) is 2.36. The highest BCUT2D eigenvalue weighted by molar-refractivity contribution is 4.57. The van der Waals surface area contributed by atoms with Gasteiger partial charge in [0.25, 0.3) is 5.97 Å². The maximum atomic E-state index is 11.9. The van der Waals surface area contributed by atoms with Gasteiger partial charge in [-0.1, -0.05) is 6.92 Å². The predicted molar refractivity (Wildman–Crippen MR) is 57.6 cm³/mol. The van der Waals surface area contributed by atoms with E-state index in [0.717, 1.165) is 0 Å². The van der Waals surface area contributed by atoms with Gasteiger partial charge in [0.05, 0.1) is 39.5 Å². The van der Waals surface area contributed by atoms with Crippen molar-refractivity contribution in [2.24, 2.45) is 0 Å². The second-order valence-corrected chi connectivity index (χ2v) is 3.66. The van der Waals surface area contributed by atoms with Gasteiger partial charge in [0.1, 0.15) is 0 Å². The van der Waals surface area contributed by atoms with Crippen molar-refractivity contribution in [1.82, 2.24) is 16.0 Å². The number of ether oxygens (including phenoxy) is 3. The number of nitrogens with zero attached hydrogens (tertiary/aromatic N) is 3. The van der Waals surface area contributed by atoms with Crippen molar-refractivity contribution >= 4 is 0 Å². The van der Waals surface area contributed by atoms with Gasteiger partial charge in [-0.2, -0.15) is 0 Å². The van der Waals surface area contributed by atoms with Crippen molar-refractivity contribution in [2.75, 3.05) is 39.5 Å². The van der Waals surface area contributed by atoms with Crippen LogP contribution >= 0.6 is 0 Å². The first kappa shape index (κ1) is 20.3. The fraction of sp³-hybridized carbons (Fsp3) is 1.00. The van der Waals surface area contributed by atoms with E-state index in [1.165, 1.54) is 6.92 Å². The minimum Gasteiger partial charge on any atom is -0.326 e. The third-order valence-electron chi connectivity index (χ3n) is 2.18. The van der Waals surface area contributed by atoms with Gasteiger partial charge < -0.3 is 14.2 Å². The molecule has 0 aliphatic heterocycles. The number of hydrogen-bond acceptors (Lipinski definition) is 6. The molecule has 128 valence electrons. The Hall–Kier alpha value is -0.660. The fourth-order valence-electron chi connectivity index (χ4n) is 1.24. The molecule has 0 saturated carbocycles. The molecule has 0 unspecified atom stereocenters. The molecule has 0 heterocycles. The molecule has 0 rings (SSSR count). The van der Waals surface area contributed by atoms with Crippen LogP contribution in [0.15, 0.2) is 0 Å². The zero-order valence-corrected chi connectivity index (χ0v) is 11.3. The average molecular weight is 329 g/mol. The lowest BCUT2D eigenvalue weighted by atomic mass is 10.4. The molecule has 0 fully saturated rings. The van der Waals surface area contributed by atoms with Crippen LogP contribution in [0.1, 0.15) is 13.3 Å². The van der Waals surface area contributed by atoms with Crippen LogP contribution in [0.3, 0.4) is 0 Å². The summed E-state index contributed by atoms with van der Waals surface area (Å²) >= 11 is 0. The van der Waals surface area contributed by atoms with Crippen LogP contribution in [0.4, 0.5) is 26.9 Å². The lowest BCUT2D eigenvalue weighted by molar-refractivity contribution is -0.389. The van der Waals surface area contributed by atoms with Gasteiger partial charge in [0, 0.05) is 22.5 Å². The van der Waals surface area contributed by atoms with Crippen molar-refractivity contribution in [3.05, 3.63) is 0 Å². The zero-order chi connectivity index (χ0) is 16.3. The number of rotatable bonds is 13. The molecule has 0 aromatic heterocycles. The Balaban J connectivity index is 4.43. The first-order chi connectivity index (χ1) is 9.81. The van der Waals surface area contributed by atoms with Crippen molar-refractivity contribution in [1.29, 1.82) is 0 Å². The van der Waals surface area contributed by atoms with Crippen LogP contribution in [0.25, 0.3) is 0 Å². The topological polar surface area (TPSA) is 37.4 Å². The lowest BCUT2D eigenvalue weighted by Gasteiger charge is -2.32. The summed E-state index contributed by atoms with van der Waals surface area (Å²) in [5.74, 6) is -1.93. The van der Waals surface area contributed by atoms with Crippen LogP contribution in [0.2, 0.25) is 0 Å². The molecular formula is C9H17F6N3O3. The Labute approximate surface area is 117 Å². The third kappa shape index (κ3) is 10.7. The van der Waals surface area contributed by atoms with E-state index in [9.17, 15) is 26.9 Å². The van der Waals surface area contributed by atoms with E-state index in [4.69, 9.17) is 14.2 Å². The highest BCUT2D eigenvalue weighted by Crippen LogP contribution is 2.20. The summed E-state index contributed by atoms with van der Waals surface area (Å²) in [7, 11) is 0.